The minimum atomic E-state index is -0.134. The Kier molecular flexibility index (Phi) is 4.57. The van der Waals surface area contributed by atoms with E-state index in [0.717, 1.165) is 5.82 Å². The van der Waals surface area contributed by atoms with Crippen LogP contribution in [0.5, 0.6) is 0 Å². The molecule has 106 valence electrons. The molecule has 2 rings (SSSR count). The Balaban J connectivity index is 2.15. The zero-order chi connectivity index (χ0) is 14.5. The number of carbonyl (C=O) groups excluding carboxylic acids is 1. The van der Waals surface area contributed by atoms with Gasteiger partial charge in [-0.3, -0.25) is 4.79 Å². The highest BCUT2D eigenvalue weighted by atomic mass is 35.5. The molecule has 0 fully saturated rings. The van der Waals surface area contributed by atoms with Gasteiger partial charge in [0.1, 0.15) is 16.8 Å². The van der Waals surface area contributed by atoms with Crippen LogP contribution in [0.1, 0.15) is 23.1 Å². The second-order valence-electron chi connectivity index (χ2n) is 4.29. The minimum Gasteiger partial charge on any atom is -0.370 e. The number of amides is 1. The fraction of sp³-hybridized carbons (Fsp3) is 0.308. The smallest absolute Gasteiger partial charge is 0.254 e. The Morgan fingerprint density at radius 1 is 1.50 bits per heavy atom. The number of hydrogen-bond acceptors (Lipinski definition) is 4. The van der Waals surface area contributed by atoms with Crippen LogP contribution in [0.3, 0.4) is 0 Å². The maximum Gasteiger partial charge on any atom is 0.254 e. The Bertz CT molecular complexity index is 584. The molecule has 0 unspecified atom stereocenters. The standard InChI is InChI=1S/C13H16ClN5O/c1-3-15-11-7-9(6-10(14)18-11)13(20)19(2)8-12-16-4-5-17-12/h4-7H,3,8H2,1-2H3,(H,15,18)(H,16,17). The average Bonchev–Trinajstić information content (AvgIpc) is 2.90. The van der Waals surface area contributed by atoms with Crippen molar-refractivity contribution in [2.75, 3.05) is 18.9 Å². The summed E-state index contributed by atoms with van der Waals surface area (Å²) in [7, 11) is 1.71. The Morgan fingerprint density at radius 2 is 2.30 bits per heavy atom. The molecular weight excluding hydrogens is 278 g/mol. The quantitative estimate of drug-likeness (QED) is 0.829. The largest absolute Gasteiger partial charge is 0.370 e. The highest BCUT2D eigenvalue weighted by Gasteiger charge is 2.15. The molecule has 20 heavy (non-hydrogen) atoms. The third-order valence-corrected chi connectivity index (χ3v) is 2.88. The number of nitrogens with one attached hydrogen (secondary N) is 2. The molecule has 0 aromatic carbocycles. The molecule has 7 heteroatoms. The second-order valence-corrected chi connectivity index (χ2v) is 4.68. The maximum atomic E-state index is 12.3. The van der Waals surface area contributed by atoms with Crippen LogP contribution in [-0.2, 0) is 6.54 Å². The number of pyridine rings is 1. The van der Waals surface area contributed by atoms with Gasteiger partial charge in [-0.25, -0.2) is 9.97 Å². The fourth-order valence-electron chi connectivity index (χ4n) is 1.79. The summed E-state index contributed by atoms with van der Waals surface area (Å²) in [6.45, 7) is 3.07. The summed E-state index contributed by atoms with van der Waals surface area (Å²) in [5.74, 6) is 1.19. The molecule has 0 radical (unpaired) electrons. The highest BCUT2D eigenvalue weighted by Crippen LogP contribution is 2.16. The van der Waals surface area contributed by atoms with Gasteiger partial charge < -0.3 is 15.2 Å². The molecule has 0 aliphatic rings. The average molecular weight is 294 g/mol. The molecule has 1 amide bonds. The molecule has 2 heterocycles. The first-order valence-electron chi connectivity index (χ1n) is 6.25. The van der Waals surface area contributed by atoms with E-state index in [1.807, 2.05) is 6.92 Å². The van der Waals surface area contributed by atoms with Gasteiger partial charge in [-0.2, -0.15) is 0 Å². The molecule has 0 atom stereocenters. The van der Waals surface area contributed by atoms with Gasteiger partial charge in [-0.05, 0) is 19.1 Å². The predicted molar refractivity (Wildman–Crippen MR) is 77.8 cm³/mol. The first-order valence-corrected chi connectivity index (χ1v) is 6.63. The normalized spacial score (nSPS) is 10.3. The highest BCUT2D eigenvalue weighted by molar-refractivity contribution is 6.29. The van der Waals surface area contributed by atoms with Gasteiger partial charge in [0.15, 0.2) is 0 Å². The number of halogens is 1. The summed E-state index contributed by atoms with van der Waals surface area (Å²) in [6.07, 6.45) is 3.38. The Hall–Kier alpha value is -2.08. The lowest BCUT2D eigenvalue weighted by Gasteiger charge is -2.16. The zero-order valence-corrected chi connectivity index (χ0v) is 12.1. The second kappa shape index (κ2) is 6.38. The van der Waals surface area contributed by atoms with Crippen LogP contribution in [0, 0.1) is 0 Å². The lowest BCUT2D eigenvalue weighted by molar-refractivity contribution is 0.0782. The van der Waals surface area contributed by atoms with E-state index in [1.165, 1.54) is 0 Å². The van der Waals surface area contributed by atoms with Crippen LogP contribution >= 0.6 is 11.6 Å². The summed E-state index contributed by atoms with van der Waals surface area (Å²) in [4.78, 5) is 25.1. The Labute approximate surface area is 122 Å². The van der Waals surface area contributed by atoms with Crippen molar-refractivity contribution in [1.82, 2.24) is 19.9 Å². The summed E-state index contributed by atoms with van der Waals surface area (Å²) in [5, 5.41) is 3.33. The number of hydrogen-bond donors (Lipinski definition) is 2. The lowest BCUT2D eigenvalue weighted by Crippen LogP contribution is -2.27. The van der Waals surface area contributed by atoms with Gasteiger partial charge in [0.25, 0.3) is 5.91 Å². The van der Waals surface area contributed by atoms with Crippen LogP contribution in [0.15, 0.2) is 24.5 Å². The maximum absolute atomic E-state index is 12.3. The van der Waals surface area contributed by atoms with Crippen molar-refractivity contribution < 1.29 is 4.79 Å². The zero-order valence-electron chi connectivity index (χ0n) is 11.4. The van der Waals surface area contributed by atoms with Crippen molar-refractivity contribution in [3.05, 3.63) is 41.1 Å². The molecule has 2 N–H and O–H groups in total. The number of carbonyl (C=O) groups is 1. The first kappa shape index (κ1) is 14.3. The topological polar surface area (TPSA) is 73.9 Å². The van der Waals surface area contributed by atoms with Gasteiger partial charge in [0.05, 0.1) is 6.54 Å². The van der Waals surface area contributed by atoms with Crippen LogP contribution in [0.2, 0.25) is 5.15 Å². The van der Waals surface area contributed by atoms with Crippen molar-refractivity contribution in [1.29, 1.82) is 0 Å². The van der Waals surface area contributed by atoms with Gasteiger partial charge in [-0.1, -0.05) is 11.6 Å². The van der Waals surface area contributed by atoms with E-state index >= 15 is 0 Å². The van der Waals surface area contributed by atoms with E-state index in [0.29, 0.717) is 24.5 Å². The number of aromatic nitrogens is 3. The number of nitrogens with zero attached hydrogens (tertiary/aromatic N) is 3. The van der Waals surface area contributed by atoms with E-state index in [-0.39, 0.29) is 11.1 Å². The van der Waals surface area contributed by atoms with Crippen molar-refractivity contribution in [3.63, 3.8) is 0 Å². The molecule has 0 aliphatic carbocycles. The van der Waals surface area contributed by atoms with Crippen molar-refractivity contribution in [2.24, 2.45) is 0 Å². The van der Waals surface area contributed by atoms with Crippen molar-refractivity contribution >= 4 is 23.3 Å². The predicted octanol–water partition coefficient (Wildman–Crippen LogP) is 2.16. The van der Waals surface area contributed by atoms with Gasteiger partial charge in [0.2, 0.25) is 0 Å². The van der Waals surface area contributed by atoms with Crippen molar-refractivity contribution in [2.45, 2.75) is 13.5 Å². The Morgan fingerprint density at radius 3 is 2.95 bits per heavy atom. The number of aromatic amines is 1. The number of imidazole rings is 1. The first-order chi connectivity index (χ1) is 9.60. The van der Waals surface area contributed by atoms with E-state index in [1.54, 1.807) is 36.5 Å². The van der Waals surface area contributed by atoms with Crippen LogP contribution in [-0.4, -0.2) is 39.4 Å². The summed E-state index contributed by atoms with van der Waals surface area (Å²) >= 11 is 5.94. The molecule has 0 saturated heterocycles. The lowest BCUT2D eigenvalue weighted by atomic mass is 10.2. The summed E-state index contributed by atoms with van der Waals surface area (Å²) < 4.78 is 0. The number of H-pyrrole nitrogens is 1. The van der Waals surface area contributed by atoms with Gasteiger partial charge in [-0.15, -0.1) is 0 Å². The monoisotopic (exact) mass is 293 g/mol. The molecule has 0 saturated carbocycles. The number of rotatable bonds is 5. The summed E-state index contributed by atoms with van der Waals surface area (Å²) in [5.41, 5.74) is 0.495. The van der Waals surface area contributed by atoms with Crippen LogP contribution < -0.4 is 5.32 Å². The molecule has 0 spiro atoms. The third-order valence-electron chi connectivity index (χ3n) is 2.69. The van der Waals surface area contributed by atoms with Gasteiger partial charge >= 0.3 is 0 Å². The van der Waals surface area contributed by atoms with Crippen LogP contribution in [0.4, 0.5) is 5.82 Å². The van der Waals surface area contributed by atoms with Crippen molar-refractivity contribution in [3.8, 4) is 0 Å². The molecular formula is C13H16ClN5O. The van der Waals surface area contributed by atoms with Crippen LogP contribution in [0.25, 0.3) is 0 Å². The molecule has 6 nitrogen and oxygen atoms in total. The molecule has 2 aromatic heterocycles. The van der Waals surface area contributed by atoms with E-state index in [2.05, 4.69) is 20.3 Å². The molecule has 0 bridgehead atoms. The fourth-order valence-corrected chi connectivity index (χ4v) is 2.00. The minimum absolute atomic E-state index is 0.134. The van der Waals surface area contributed by atoms with E-state index in [9.17, 15) is 4.79 Å². The number of anilines is 1. The SMILES string of the molecule is CCNc1cc(C(=O)N(C)Cc2ncc[nH]2)cc(Cl)n1. The molecule has 2 aromatic rings. The van der Waals surface area contributed by atoms with E-state index in [4.69, 9.17) is 11.6 Å². The van der Waals surface area contributed by atoms with E-state index < -0.39 is 0 Å². The summed E-state index contributed by atoms with van der Waals surface area (Å²) in [6, 6.07) is 3.25. The molecule has 0 aliphatic heterocycles. The third kappa shape index (κ3) is 3.48. The van der Waals surface area contributed by atoms with Gasteiger partial charge in [0, 0.05) is 31.5 Å².